The van der Waals surface area contributed by atoms with Gasteiger partial charge in [0.2, 0.25) is 20.0 Å². The number of hydrogen-bond acceptors (Lipinski definition) is 8. The lowest BCUT2D eigenvalue weighted by molar-refractivity contribution is -0.156. The minimum absolute atomic E-state index is 0.0224. The van der Waals surface area contributed by atoms with Gasteiger partial charge in [-0.3, -0.25) is 4.79 Å². The number of aryl methyl sites for hydroxylation is 2. The zero-order valence-electron chi connectivity index (χ0n) is 22.2. The normalized spacial score (nSPS) is 16.9. The number of aromatic nitrogens is 3. The highest BCUT2D eigenvalue weighted by Crippen LogP contribution is 2.22. The monoisotopic (exact) mass is 575 g/mol. The summed E-state index contributed by atoms with van der Waals surface area (Å²) in [7, 11) is -7.64. The van der Waals surface area contributed by atoms with Gasteiger partial charge >= 0.3 is 5.97 Å². The van der Waals surface area contributed by atoms with Crippen molar-refractivity contribution in [2.75, 3.05) is 19.6 Å². The average molecular weight is 576 g/mol. The lowest BCUT2D eigenvalue weighted by Gasteiger charge is -2.31. The second-order valence-electron chi connectivity index (χ2n) is 9.66. The molecule has 0 spiro atoms. The van der Waals surface area contributed by atoms with Gasteiger partial charge in [0.1, 0.15) is 12.6 Å². The number of esters is 1. The van der Waals surface area contributed by atoms with Gasteiger partial charge in [0.15, 0.2) is 0 Å². The van der Waals surface area contributed by atoms with Gasteiger partial charge in [0, 0.05) is 12.7 Å². The van der Waals surface area contributed by atoms with E-state index in [1.54, 1.807) is 42.6 Å². The molecule has 1 aliphatic heterocycles. The molecule has 2 aromatic carbocycles. The van der Waals surface area contributed by atoms with Crippen LogP contribution in [0.15, 0.2) is 64.5 Å². The molecule has 1 unspecified atom stereocenters. The maximum atomic E-state index is 13.3. The van der Waals surface area contributed by atoms with Crippen LogP contribution in [-0.2, 0) is 42.7 Å². The van der Waals surface area contributed by atoms with Crippen molar-refractivity contribution in [1.82, 2.24) is 23.6 Å². The maximum absolute atomic E-state index is 13.3. The molecule has 1 atom stereocenters. The van der Waals surface area contributed by atoms with Crippen LogP contribution in [0.4, 0.5) is 0 Å². The molecule has 1 aliphatic rings. The van der Waals surface area contributed by atoms with Crippen molar-refractivity contribution in [3.05, 3.63) is 71.5 Å². The molecule has 2 heterocycles. The molecule has 0 N–H and O–H groups in total. The summed E-state index contributed by atoms with van der Waals surface area (Å²) >= 11 is 0. The van der Waals surface area contributed by atoms with Gasteiger partial charge in [-0.2, -0.15) is 8.61 Å². The maximum Gasteiger partial charge on any atom is 0.321 e. The molecule has 11 nitrogen and oxygen atoms in total. The van der Waals surface area contributed by atoms with Crippen LogP contribution >= 0.6 is 0 Å². The number of morpholine rings is 1. The van der Waals surface area contributed by atoms with Crippen LogP contribution in [0.3, 0.4) is 0 Å². The Hall–Kier alpha value is -3.13. The minimum atomic E-state index is -3.89. The molecule has 39 heavy (non-hydrogen) atoms. The highest BCUT2D eigenvalue weighted by Gasteiger charge is 2.35. The van der Waals surface area contributed by atoms with E-state index in [1.165, 1.54) is 21.1 Å². The molecular weight excluding hydrogens is 542 g/mol. The number of hydrogen-bond donors (Lipinski definition) is 0. The van der Waals surface area contributed by atoms with E-state index >= 15 is 0 Å². The van der Waals surface area contributed by atoms with Crippen molar-refractivity contribution < 1.29 is 26.4 Å². The van der Waals surface area contributed by atoms with E-state index in [1.807, 2.05) is 20.8 Å². The second kappa shape index (κ2) is 11.9. The topological polar surface area (TPSA) is 132 Å². The van der Waals surface area contributed by atoms with E-state index in [9.17, 15) is 21.6 Å². The van der Waals surface area contributed by atoms with Crippen LogP contribution in [0.25, 0.3) is 0 Å². The number of sulfonamides is 2. The summed E-state index contributed by atoms with van der Waals surface area (Å²) < 4.78 is 62.2. The Morgan fingerprint density at radius 3 is 2.21 bits per heavy atom. The number of rotatable bonds is 11. The van der Waals surface area contributed by atoms with Crippen LogP contribution in [0.1, 0.15) is 36.6 Å². The first-order valence-corrected chi connectivity index (χ1v) is 15.6. The van der Waals surface area contributed by atoms with Crippen LogP contribution in [0.2, 0.25) is 0 Å². The van der Waals surface area contributed by atoms with Gasteiger partial charge in [0.05, 0.1) is 35.1 Å². The number of benzene rings is 2. The first kappa shape index (κ1) is 28.9. The van der Waals surface area contributed by atoms with Gasteiger partial charge in [-0.1, -0.05) is 54.0 Å². The molecule has 1 fully saturated rings. The number of carbonyl (C=O) groups is 1. The number of cyclic esters (lactones) is 1. The molecule has 0 aliphatic carbocycles. The molecular formula is C26H33N5O6S2. The number of carbonyl (C=O) groups excluding carboxylic acids is 1. The van der Waals surface area contributed by atoms with E-state index in [4.69, 9.17) is 4.74 Å². The van der Waals surface area contributed by atoms with Gasteiger partial charge in [-0.25, -0.2) is 21.5 Å². The summed E-state index contributed by atoms with van der Waals surface area (Å²) in [6.07, 6.45) is 2.31. The number of ether oxygens (including phenoxy) is 1. The molecule has 0 saturated carbocycles. The number of nitrogens with zero attached hydrogens (tertiary/aromatic N) is 5. The van der Waals surface area contributed by atoms with Crippen molar-refractivity contribution in [1.29, 1.82) is 0 Å². The highest BCUT2D eigenvalue weighted by molar-refractivity contribution is 7.89. The molecule has 4 rings (SSSR count). The zero-order chi connectivity index (χ0) is 28.2. The summed E-state index contributed by atoms with van der Waals surface area (Å²) in [5, 5.41) is 8.20. The smallest absolute Gasteiger partial charge is 0.321 e. The van der Waals surface area contributed by atoms with Crippen LogP contribution in [0.5, 0.6) is 0 Å². The van der Waals surface area contributed by atoms with Gasteiger partial charge in [-0.15, -0.1) is 5.10 Å². The molecule has 3 aromatic rings. The number of unbranched alkanes of at least 4 members (excludes halogenated alkanes) is 1. The Morgan fingerprint density at radius 2 is 1.59 bits per heavy atom. The molecule has 0 amide bonds. The second-order valence-corrected chi connectivity index (χ2v) is 13.5. The third kappa shape index (κ3) is 6.90. The van der Waals surface area contributed by atoms with Crippen molar-refractivity contribution in [3.63, 3.8) is 0 Å². The summed E-state index contributed by atoms with van der Waals surface area (Å²) in [5.74, 6) is -0.655. The van der Waals surface area contributed by atoms with Gasteiger partial charge in [0.25, 0.3) is 0 Å². The summed E-state index contributed by atoms with van der Waals surface area (Å²) in [6.45, 7) is 5.74. The van der Waals surface area contributed by atoms with Crippen molar-refractivity contribution >= 4 is 26.0 Å². The summed E-state index contributed by atoms with van der Waals surface area (Å²) in [4.78, 5) is 12.6. The first-order valence-electron chi connectivity index (χ1n) is 12.7. The fourth-order valence-electron chi connectivity index (χ4n) is 4.20. The van der Waals surface area contributed by atoms with E-state index < -0.39 is 32.1 Å². The highest BCUT2D eigenvalue weighted by atomic mass is 32.2. The Balaban J connectivity index is 1.47. The fourth-order valence-corrected chi connectivity index (χ4v) is 7.07. The predicted octanol–water partition coefficient (Wildman–Crippen LogP) is 2.50. The lowest BCUT2D eigenvalue weighted by Crippen LogP contribution is -2.49. The lowest BCUT2D eigenvalue weighted by atomic mass is 10.2. The zero-order valence-corrected chi connectivity index (χ0v) is 23.9. The molecule has 13 heteroatoms. The molecule has 0 radical (unpaired) electrons. The largest absolute Gasteiger partial charge is 0.458 e. The fraction of sp³-hybridized carbons (Fsp3) is 0.423. The summed E-state index contributed by atoms with van der Waals surface area (Å²) in [5.41, 5.74) is 2.31. The Kier molecular flexibility index (Phi) is 8.84. The SMILES string of the molecule is CCCCN(Cc1cn(CC2CN(S(=O)(=O)c3ccc(C)cc3)CC(=O)O2)nn1)S(=O)(=O)c1ccc(C)cc1. The van der Waals surface area contributed by atoms with Crippen LogP contribution in [0, 0.1) is 13.8 Å². The van der Waals surface area contributed by atoms with Gasteiger partial charge < -0.3 is 4.74 Å². The van der Waals surface area contributed by atoms with Crippen LogP contribution < -0.4 is 0 Å². The van der Waals surface area contributed by atoms with E-state index in [0.29, 0.717) is 18.7 Å². The molecule has 1 aromatic heterocycles. The third-order valence-corrected chi connectivity index (χ3v) is 10.1. The molecule has 210 valence electrons. The van der Waals surface area contributed by atoms with Crippen molar-refractivity contribution in [3.8, 4) is 0 Å². The summed E-state index contributed by atoms with van der Waals surface area (Å²) in [6, 6.07) is 13.1. The Morgan fingerprint density at radius 1 is 0.974 bits per heavy atom. The van der Waals surface area contributed by atoms with Gasteiger partial charge in [-0.05, 0) is 44.5 Å². The minimum Gasteiger partial charge on any atom is -0.458 e. The third-order valence-electron chi connectivity index (χ3n) is 6.40. The Labute approximate surface area is 229 Å². The molecule has 0 bridgehead atoms. The van der Waals surface area contributed by atoms with Crippen molar-refractivity contribution in [2.45, 2.75) is 62.6 Å². The Bertz CT molecular complexity index is 1500. The van der Waals surface area contributed by atoms with E-state index in [2.05, 4.69) is 10.3 Å². The van der Waals surface area contributed by atoms with E-state index in [-0.39, 0.29) is 36.0 Å². The van der Waals surface area contributed by atoms with E-state index in [0.717, 1.165) is 21.9 Å². The standard InChI is InChI=1S/C26H33N5O6S2/c1-4-5-14-30(38(33,34)24-10-6-20(2)7-11-24)16-22-15-29(28-27-22)17-23-18-31(19-26(32)37-23)39(35,36)25-12-8-21(3)9-13-25/h6-13,15,23H,4-5,14,16-19H2,1-3H3. The van der Waals surface area contributed by atoms with Crippen molar-refractivity contribution in [2.24, 2.45) is 0 Å². The van der Waals surface area contributed by atoms with Crippen LogP contribution in [-0.4, -0.2) is 72.1 Å². The molecule has 1 saturated heterocycles. The average Bonchev–Trinajstić information content (AvgIpc) is 3.33. The quantitative estimate of drug-likeness (QED) is 0.319. The predicted molar refractivity (Wildman–Crippen MR) is 144 cm³/mol. The first-order chi connectivity index (χ1) is 18.5.